The molecule has 1 fully saturated rings. The summed E-state index contributed by atoms with van der Waals surface area (Å²) in [6.07, 6.45) is 3.05. The average Bonchev–Trinajstić information content (AvgIpc) is 3.43. The van der Waals surface area contributed by atoms with Crippen molar-refractivity contribution in [1.82, 2.24) is 14.7 Å². The Balaban J connectivity index is 1.62. The molecule has 3 heterocycles. The molecule has 1 aliphatic heterocycles. The lowest BCUT2D eigenvalue weighted by atomic mass is 9.96. The van der Waals surface area contributed by atoms with E-state index in [1.54, 1.807) is 22.2 Å². The lowest BCUT2D eigenvalue weighted by Gasteiger charge is -2.30. The van der Waals surface area contributed by atoms with Crippen molar-refractivity contribution in [2.24, 2.45) is 5.92 Å². The summed E-state index contributed by atoms with van der Waals surface area (Å²) in [5.41, 5.74) is 2.19. The van der Waals surface area contributed by atoms with E-state index in [4.69, 9.17) is 9.84 Å². The first kappa shape index (κ1) is 18.4. The van der Waals surface area contributed by atoms with Gasteiger partial charge in [0.15, 0.2) is 0 Å². The van der Waals surface area contributed by atoms with Crippen LogP contribution in [0.25, 0.3) is 16.3 Å². The molecule has 0 spiro atoms. The summed E-state index contributed by atoms with van der Waals surface area (Å²) in [5, 5.41) is 6.68. The third-order valence-electron chi connectivity index (χ3n) is 5.04. The van der Waals surface area contributed by atoms with Crippen molar-refractivity contribution in [3.63, 3.8) is 0 Å². The van der Waals surface area contributed by atoms with Crippen molar-refractivity contribution in [3.05, 3.63) is 59.6 Å². The van der Waals surface area contributed by atoms with Gasteiger partial charge < -0.3 is 9.64 Å². The third kappa shape index (κ3) is 3.57. The summed E-state index contributed by atoms with van der Waals surface area (Å²) in [5.74, 6) is -0.366. The highest BCUT2D eigenvalue weighted by atomic mass is 32.1. The van der Waals surface area contributed by atoms with Crippen LogP contribution in [0.5, 0.6) is 0 Å². The molecule has 0 aliphatic carbocycles. The Bertz CT molecular complexity index is 958. The SMILES string of the molecule is COC(=O)C1CCN(C(=O)c2cn(-c3ccccc3)nc2-c2cccs2)CC1. The molecule has 1 aliphatic rings. The van der Waals surface area contributed by atoms with Gasteiger partial charge in [-0.15, -0.1) is 11.3 Å². The number of carbonyl (C=O) groups excluding carboxylic acids is 2. The minimum Gasteiger partial charge on any atom is -0.469 e. The van der Waals surface area contributed by atoms with Crippen LogP contribution in [-0.4, -0.2) is 46.8 Å². The number of likely N-dealkylation sites (tertiary alicyclic amines) is 1. The second kappa shape index (κ2) is 7.98. The minimum absolute atomic E-state index is 0.0473. The summed E-state index contributed by atoms with van der Waals surface area (Å²) in [6, 6.07) is 13.7. The first-order chi connectivity index (χ1) is 13.7. The molecule has 0 unspecified atom stereocenters. The number of ether oxygens (including phenoxy) is 1. The fraction of sp³-hybridized carbons (Fsp3) is 0.286. The van der Waals surface area contributed by atoms with Gasteiger partial charge in [-0.05, 0) is 36.4 Å². The molecule has 2 aromatic heterocycles. The fourth-order valence-corrected chi connectivity index (χ4v) is 4.22. The second-order valence-electron chi connectivity index (χ2n) is 6.74. The number of aromatic nitrogens is 2. The van der Waals surface area contributed by atoms with Crippen molar-refractivity contribution in [1.29, 1.82) is 0 Å². The van der Waals surface area contributed by atoms with Crippen LogP contribution in [0.1, 0.15) is 23.2 Å². The van der Waals surface area contributed by atoms with Crippen LogP contribution in [-0.2, 0) is 9.53 Å². The fourth-order valence-electron chi connectivity index (χ4n) is 3.49. The van der Waals surface area contributed by atoms with Gasteiger partial charge in [0.25, 0.3) is 5.91 Å². The Morgan fingerprint density at radius 1 is 1.11 bits per heavy atom. The zero-order valence-electron chi connectivity index (χ0n) is 15.6. The number of amides is 1. The van der Waals surface area contributed by atoms with Crippen molar-refractivity contribution in [2.45, 2.75) is 12.8 Å². The number of hydrogen-bond donors (Lipinski definition) is 0. The van der Waals surface area contributed by atoms with Gasteiger partial charge in [-0.3, -0.25) is 9.59 Å². The van der Waals surface area contributed by atoms with Crippen LogP contribution in [0, 0.1) is 5.92 Å². The minimum atomic E-state index is -0.191. The molecular weight excluding hydrogens is 374 g/mol. The molecule has 0 saturated carbocycles. The van der Waals surface area contributed by atoms with Gasteiger partial charge in [-0.1, -0.05) is 24.3 Å². The molecule has 4 rings (SSSR count). The van der Waals surface area contributed by atoms with E-state index < -0.39 is 0 Å². The number of thiophene rings is 1. The van der Waals surface area contributed by atoms with E-state index in [1.165, 1.54) is 7.11 Å². The molecule has 0 radical (unpaired) electrons. The van der Waals surface area contributed by atoms with E-state index in [2.05, 4.69) is 0 Å². The Kier molecular flexibility index (Phi) is 5.25. The summed E-state index contributed by atoms with van der Waals surface area (Å²) >= 11 is 1.56. The van der Waals surface area contributed by atoms with Crippen LogP contribution in [0.2, 0.25) is 0 Å². The summed E-state index contributed by atoms with van der Waals surface area (Å²) < 4.78 is 6.59. The van der Waals surface area contributed by atoms with Gasteiger partial charge in [0, 0.05) is 19.3 Å². The predicted molar refractivity (Wildman–Crippen MR) is 108 cm³/mol. The number of esters is 1. The smallest absolute Gasteiger partial charge is 0.308 e. The van der Waals surface area contributed by atoms with E-state index >= 15 is 0 Å². The van der Waals surface area contributed by atoms with Crippen molar-refractivity contribution in [3.8, 4) is 16.3 Å². The lowest BCUT2D eigenvalue weighted by Crippen LogP contribution is -2.40. The molecular formula is C21H21N3O3S. The van der Waals surface area contributed by atoms with E-state index in [9.17, 15) is 9.59 Å². The molecule has 1 saturated heterocycles. The number of methoxy groups -OCH3 is 1. The molecule has 0 N–H and O–H groups in total. The zero-order valence-corrected chi connectivity index (χ0v) is 16.4. The van der Waals surface area contributed by atoms with Gasteiger partial charge in [0.2, 0.25) is 0 Å². The van der Waals surface area contributed by atoms with Crippen molar-refractivity contribution >= 4 is 23.2 Å². The average molecular weight is 395 g/mol. The standard InChI is InChI=1S/C21H21N3O3S/c1-27-21(26)15-9-11-23(12-10-15)20(25)17-14-24(16-6-3-2-4-7-16)22-19(17)18-8-5-13-28-18/h2-8,13-15H,9-12H2,1H3. The van der Waals surface area contributed by atoms with Crippen LogP contribution in [0.4, 0.5) is 0 Å². The Morgan fingerprint density at radius 3 is 2.50 bits per heavy atom. The van der Waals surface area contributed by atoms with Crippen LogP contribution >= 0.6 is 11.3 Å². The van der Waals surface area contributed by atoms with E-state index in [0.29, 0.717) is 37.2 Å². The van der Waals surface area contributed by atoms with Crippen molar-refractivity contribution < 1.29 is 14.3 Å². The second-order valence-corrected chi connectivity index (χ2v) is 7.69. The molecule has 144 valence electrons. The van der Waals surface area contributed by atoms with E-state index in [0.717, 1.165) is 10.6 Å². The van der Waals surface area contributed by atoms with E-state index in [1.807, 2.05) is 52.7 Å². The topological polar surface area (TPSA) is 64.4 Å². The number of benzene rings is 1. The molecule has 6 nitrogen and oxygen atoms in total. The summed E-state index contributed by atoms with van der Waals surface area (Å²) in [4.78, 5) is 27.8. The summed E-state index contributed by atoms with van der Waals surface area (Å²) in [7, 11) is 1.41. The maximum absolute atomic E-state index is 13.3. The predicted octanol–water partition coefficient (Wildman–Crippen LogP) is 3.63. The maximum Gasteiger partial charge on any atom is 0.308 e. The van der Waals surface area contributed by atoms with Gasteiger partial charge in [0.1, 0.15) is 5.69 Å². The maximum atomic E-state index is 13.3. The largest absolute Gasteiger partial charge is 0.469 e. The number of hydrogen-bond acceptors (Lipinski definition) is 5. The summed E-state index contributed by atoms with van der Waals surface area (Å²) in [6.45, 7) is 1.08. The highest BCUT2D eigenvalue weighted by Crippen LogP contribution is 2.30. The van der Waals surface area contributed by atoms with Gasteiger partial charge >= 0.3 is 5.97 Å². The molecule has 0 bridgehead atoms. The number of para-hydroxylation sites is 1. The molecule has 1 amide bonds. The van der Waals surface area contributed by atoms with Crippen molar-refractivity contribution in [2.75, 3.05) is 20.2 Å². The number of rotatable bonds is 4. The number of piperidine rings is 1. The van der Waals surface area contributed by atoms with Crippen LogP contribution in [0.3, 0.4) is 0 Å². The quantitative estimate of drug-likeness (QED) is 0.633. The normalized spacial score (nSPS) is 14.8. The Hall–Kier alpha value is -2.93. The first-order valence-electron chi connectivity index (χ1n) is 9.23. The zero-order chi connectivity index (χ0) is 19.5. The van der Waals surface area contributed by atoms with Gasteiger partial charge in [-0.25, -0.2) is 4.68 Å². The molecule has 3 aromatic rings. The molecule has 0 atom stereocenters. The molecule has 7 heteroatoms. The van der Waals surface area contributed by atoms with E-state index in [-0.39, 0.29) is 17.8 Å². The highest BCUT2D eigenvalue weighted by molar-refractivity contribution is 7.13. The number of nitrogens with zero attached hydrogens (tertiary/aromatic N) is 3. The molecule has 1 aromatic carbocycles. The van der Waals surface area contributed by atoms with Gasteiger partial charge in [0.05, 0.1) is 29.2 Å². The molecule has 28 heavy (non-hydrogen) atoms. The monoisotopic (exact) mass is 395 g/mol. The van der Waals surface area contributed by atoms with Crippen LogP contribution < -0.4 is 0 Å². The lowest BCUT2D eigenvalue weighted by molar-refractivity contribution is -0.146. The number of carbonyl (C=O) groups is 2. The Labute approximate surface area is 167 Å². The van der Waals surface area contributed by atoms with Gasteiger partial charge in [-0.2, -0.15) is 5.10 Å². The Morgan fingerprint density at radius 2 is 1.86 bits per heavy atom. The highest BCUT2D eigenvalue weighted by Gasteiger charge is 2.30. The van der Waals surface area contributed by atoms with Crippen LogP contribution in [0.15, 0.2) is 54.0 Å². The third-order valence-corrected chi connectivity index (χ3v) is 5.91. The first-order valence-corrected chi connectivity index (χ1v) is 10.1.